The molecular formula is C17H24FIN6O. The molecule has 0 saturated heterocycles. The maximum atomic E-state index is 13.2. The van der Waals surface area contributed by atoms with Crippen LogP contribution in [0.5, 0.6) is 5.75 Å². The van der Waals surface area contributed by atoms with Gasteiger partial charge in [-0.3, -0.25) is 4.99 Å². The Balaban J connectivity index is 0.00000243. The van der Waals surface area contributed by atoms with Gasteiger partial charge in [-0.05, 0) is 25.5 Å². The van der Waals surface area contributed by atoms with Crippen LogP contribution in [0.2, 0.25) is 0 Å². The van der Waals surface area contributed by atoms with E-state index in [1.807, 2.05) is 6.92 Å². The number of guanidine groups is 1. The van der Waals surface area contributed by atoms with Gasteiger partial charge in [0.15, 0.2) is 11.8 Å². The standard InChI is InChI=1S/C17H23FN6O.HI/c1-12(25-14-6-3-5-13(18)9-14)10-20-17(19-2)21-11-16-23-22-15-7-4-8-24(15)16;/h3,5-6,9,12H,4,7-8,10-11H2,1-2H3,(H2,19,20,21);1H. The van der Waals surface area contributed by atoms with Crippen molar-refractivity contribution in [2.45, 2.75) is 39.0 Å². The summed E-state index contributed by atoms with van der Waals surface area (Å²) in [6, 6.07) is 6.12. The summed E-state index contributed by atoms with van der Waals surface area (Å²) in [7, 11) is 1.71. The molecule has 1 unspecified atom stereocenters. The molecule has 1 atom stereocenters. The van der Waals surface area contributed by atoms with E-state index in [2.05, 4.69) is 30.4 Å². The van der Waals surface area contributed by atoms with Crippen LogP contribution in [0, 0.1) is 5.82 Å². The van der Waals surface area contributed by atoms with E-state index >= 15 is 0 Å². The SMILES string of the molecule is CN=C(NCc1nnc2n1CCC2)NCC(C)Oc1cccc(F)c1.I. The Morgan fingerprint density at radius 1 is 1.38 bits per heavy atom. The minimum absolute atomic E-state index is 0. The van der Waals surface area contributed by atoms with Crippen molar-refractivity contribution < 1.29 is 9.13 Å². The lowest BCUT2D eigenvalue weighted by atomic mass is 10.3. The van der Waals surface area contributed by atoms with Crippen molar-refractivity contribution in [2.75, 3.05) is 13.6 Å². The Morgan fingerprint density at radius 2 is 2.23 bits per heavy atom. The topological polar surface area (TPSA) is 76.4 Å². The van der Waals surface area contributed by atoms with E-state index in [0.29, 0.717) is 24.8 Å². The Hall–Kier alpha value is -1.91. The molecule has 3 rings (SSSR count). The van der Waals surface area contributed by atoms with Crippen LogP contribution in [-0.2, 0) is 19.5 Å². The number of aromatic nitrogens is 3. The Bertz CT molecular complexity index is 751. The van der Waals surface area contributed by atoms with Crippen molar-refractivity contribution in [3.8, 4) is 5.75 Å². The number of hydrogen-bond acceptors (Lipinski definition) is 4. The zero-order valence-electron chi connectivity index (χ0n) is 14.9. The van der Waals surface area contributed by atoms with Crippen LogP contribution in [0.3, 0.4) is 0 Å². The molecular weight excluding hydrogens is 450 g/mol. The molecule has 2 aromatic rings. The van der Waals surface area contributed by atoms with Crippen molar-refractivity contribution in [1.29, 1.82) is 0 Å². The monoisotopic (exact) mass is 474 g/mol. The highest BCUT2D eigenvalue weighted by Crippen LogP contribution is 2.14. The molecule has 0 aliphatic carbocycles. The smallest absolute Gasteiger partial charge is 0.191 e. The first-order valence-electron chi connectivity index (χ1n) is 8.43. The first kappa shape index (κ1) is 20.4. The van der Waals surface area contributed by atoms with Crippen LogP contribution in [0.4, 0.5) is 4.39 Å². The molecule has 142 valence electrons. The van der Waals surface area contributed by atoms with E-state index in [1.165, 1.54) is 12.1 Å². The molecule has 2 N–H and O–H groups in total. The van der Waals surface area contributed by atoms with Crippen molar-refractivity contribution in [3.63, 3.8) is 0 Å². The van der Waals surface area contributed by atoms with E-state index in [4.69, 9.17) is 4.74 Å². The number of rotatable bonds is 6. The van der Waals surface area contributed by atoms with Crippen molar-refractivity contribution >= 4 is 29.9 Å². The average molecular weight is 474 g/mol. The van der Waals surface area contributed by atoms with Crippen LogP contribution >= 0.6 is 24.0 Å². The van der Waals surface area contributed by atoms with Gasteiger partial charge >= 0.3 is 0 Å². The minimum Gasteiger partial charge on any atom is -0.489 e. The van der Waals surface area contributed by atoms with Gasteiger partial charge in [-0.15, -0.1) is 34.2 Å². The number of aliphatic imine (C=N–C) groups is 1. The number of nitrogens with zero attached hydrogens (tertiary/aromatic N) is 4. The second kappa shape index (κ2) is 9.70. The normalized spacial score (nSPS) is 14.3. The number of ether oxygens (including phenoxy) is 1. The lowest BCUT2D eigenvalue weighted by molar-refractivity contribution is 0.223. The number of halogens is 2. The van der Waals surface area contributed by atoms with Gasteiger partial charge in [0.1, 0.15) is 23.5 Å². The van der Waals surface area contributed by atoms with Gasteiger partial charge in [-0.1, -0.05) is 6.07 Å². The van der Waals surface area contributed by atoms with Gasteiger partial charge in [0.05, 0.1) is 13.1 Å². The molecule has 0 amide bonds. The van der Waals surface area contributed by atoms with Crippen molar-refractivity contribution in [3.05, 3.63) is 41.7 Å². The average Bonchev–Trinajstić information content (AvgIpc) is 3.19. The molecule has 0 radical (unpaired) electrons. The van der Waals surface area contributed by atoms with Crippen LogP contribution in [0.15, 0.2) is 29.3 Å². The maximum absolute atomic E-state index is 13.2. The Kier molecular flexibility index (Phi) is 7.61. The Labute approximate surface area is 169 Å². The summed E-state index contributed by atoms with van der Waals surface area (Å²) in [5.74, 6) is 2.83. The molecule has 0 saturated carbocycles. The molecule has 9 heteroatoms. The van der Waals surface area contributed by atoms with Crippen LogP contribution < -0.4 is 15.4 Å². The van der Waals surface area contributed by atoms with Gasteiger partial charge < -0.3 is 19.9 Å². The maximum Gasteiger partial charge on any atom is 0.191 e. The molecule has 0 fully saturated rings. The van der Waals surface area contributed by atoms with E-state index in [0.717, 1.165) is 31.0 Å². The third-order valence-electron chi connectivity index (χ3n) is 4.01. The predicted octanol–water partition coefficient (Wildman–Crippen LogP) is 2.11. The first-order chi connectivity index (χ1) is 12.2. The molecule has 1 aromatic carbocycles. The van der Waals surface area contributed by atoms with E-state index in [-0.39, 0.29) is 35.9 Å². The van der Waals surface area contributed by atoms with Crippen LogP contribution in [-0.4, -0.2) is 40.4 Å². The third-order valence-corrected chi connectivity index (χ3v) is 4.01. The molecule has 1 aliphatic rings. The fourth-order valence-electron chi connectivity index (χ4n) is 2.78. The lowest BCUT2D eigenvalue weighted by Gasteiger charge is -2.17. The number of aryl methyl sites for hydroxylation is 1. The van der Waals surface area contributed by atoms with Gasteiger partial charge in [-0.25, -0.2) is 4.39 Å². The molecule has 26 heavy (non-hydrogen) atoms. The number of nitrogens with one attached hydrogen (secondary N) is 2. The summed E-state index contributed by atoms with van der Waals surface area (Å²) in [6.45, 7) is 3.99. The second-order valence-electron chi connectivity index (χ2n) is 5.98. The molecule has 1 aromatic heterocycles. The van der Waals surface area contributed by atoms with Gasteiger partial charge in [0.25, 0.3) is 0 Å². The second-order valence-corrected chi connectivity index (χ2v) is 5.98. The number of hydrogen-bond donors (Lipinski definition) is 2. The third kappa shape index (κ3) is 5.29. The molecule has 1 aliphatic heterocycles. The van der Waals surface area contributed by atoms with E-state index in [9.17, 15) is 4.39 Å². The molecule has 2 heterocycles. The quantitative estimate of drug-likeness (QED) is 0.381. The summed E-state index contributed by atoms with van der Waals surface area (Å²) < 4.78 is 21.0. The van der Waals surface area contributed by atoms with Gasteiger partial charge in [-0.2, -0.15) is 0 Å². The van der Waals surface area contributed by atoms with E-state index < -0.39 is 0 Å². The summed E-state index contributed by atoms with van der Waals surface area (Å²) in [4.78, 5) is 4.20. The number of benzene rings is 1. The van der Waals surface area contributed by atoms with Crippen LogP contribution in [0.1, 0.15) is 25.0 Å². The fourth-order valence-corrected chi connectivity index (χ4v) is 2.78. The van der Waals surface area contributed by atoms with Crippen LogP contribution in [0.25, 0.3) is 0 Å². The van der Waals surface area contributed by atoms with Gasteiger partial charge in [0.2, 0.25) is 0 Å². The first-order valence-corrected chi connectivity index (χ1v) is 8.43. The number of fused-ring (bicyclic) bond motifs is 1. The van der Waals surface area contributed by atoms with E-state index in [1.54, 1.807) is 19.2 Å². The largest absolute Gasteiger partial charge is 0.489 e. The highest BCUT2D eigenvalue weighted by Gasteiger charge is 2.17. The molecule has 0 bridgehead atoms. The zero-order valence-corrected chi connectivity index (χ0v) is 17.2. The lowest BCUT2D eigenvalue weighted by Crippen LogP contribution is -2.41. The van der Waals surface area contributed by atoms with Gasteiger partial charge in [0, 0.05) is 26.1 Å². The fraction of sp³-hybridized carbons (Fsp3) is 0.471. The minimum atomic E-state index is -0.309. The molecule has 7 nitrogen and oxygen atoms in total. The predicted molar refractivity (Wildman–Crippen MR) is 108 cm³/mol. The summed E-state index contributed by atoms with van der Waals surface area (Å²) >= 11 is 0. The summed E-state index contributed by atoms with van der Waals surface area (Å²) in [6.07, 6.45) is 1.98. The Morgan fingerprint density at radius 3 is 3.00 bits per heavy atom. The molecule has 0 spiro atoms. The summed E-state index contributed by atoms with van der Waals surface area (Å²) in [5, 5.41) is 14.8. The highest BCUT2D eigenvalue weighted by molar-refractivity contribution is 14.0. The van der Waals surface area contributed by atoms with Crippen molar-refractivity contribution in [1.82, 2.24) is 25.4 Å². The summed E-state index contributed by atoms with van der Waals surface area (Å²) in [5.41, 5.74) is 0. The van der Waals surface area contributed by atoms with Crippen molar-refractivity contribution in [2.24, 2.45) is 4.99 Å². The zero-order chi connectivity index (χ0) is 17.6. The highest BCUT2D eigenvalue weighted by atomic mass is 127.